The van der Waals surface area contributed by atoms with E-state index in [1.54, 1.807) is 0 Å². The van der Waals surface area contributed by atoms with Gasteiger partial charge in [-0.25, -0.2) is 0 Å². The summed E-state index contributed by atoms with van der Waals surface area (Å²) in [4.78, 5) is 12.5. The van der Waals surface area contributed by atoms with E-state index in [0.717, 1.165) is 16.8 Å². The fourth-order valence-corrected chi connectivity index (χ4v) is 2.74. The average molecular weight is 265 g/mol. The van der Waals surface area contributed by atoms with Crippen LogP contribution in [0, 0.1) is 0 Å². The van der Waals surface area contributed by atoms with Gasteiger partial charge >= 0.3 is 0 Å². The van der Waals surface area contributed by atoms with Crippen molar-refractivity contribution in [2.45, 2.75) is 31.6 Å². The first-order valence-corrected chi connectivity index (χ1v) is 7.20. The molecule has 20 heavy (non-hydrogen) atoms. The SMILES string of the molecule is Nc1ccc(CC(=O)c2ccccc2C2CCC2)cc1. The molecule has 0 aromatic heterocycles. The van der Waals surface area contributed by atoms with Crippen molar-refractivity contribution in [3.8, 4) is 0 Å². The first-order chi connectivity index (χ1) is 9.74. The van der Waals surface area contributed by atoms with E-state index in [1.807, 2.05) is 42.5 Å². The van der Waals surface area contributed by atoms with Gasteiger partial charge in [-0.1, -0.05) is 42.8 Å². The number of ketones is 1. The number of hydrogen-bond donors (Lipinski definition) is 1. The summed E-state index contributed by atoms with van der Waals surface area (Å²) in [5.41, 5.74) is 9.56. The Hall–Kier alpha value is -2.09. The lowest BCUT2D eigenvalue weighted by molar-refractivity contribution is 0.0991. The number of nitrogen functional groups attached to an aromatic ring is 1. The molecule has 1 aliphatic carbocycles. The quantitative estimate of drug-likeness (QED) is 0.671. The Kier molecular flexibility index (Phi) is 3.55. The predicted molar refractivity (Wildman–Crippen MR) is 81.9 cm³/mol. The number of benzene rings is 2. The van der Waals surface area contributed by atoms with E-state index in [4.69, 9.17) is 5.73 Å². The molecule has 0 unspecified atom stereocenters. The molecule has 0 amide bonds. The maximum absolute atomic E-state index is 12.5. The zero-order valence-electron chi connectivity index (χ0n) is 11.5. The molecule has 1 saturated carbocycles. The summed E-state index contributed by atoms with van der Waals surface area (Å²) in [5.74, 6) is 0.791. The minimum atomic E-state index is 0.206. The Morgan fingerprint density at radius 3 is 2.40 bits per heavy atom. The van der Waals surface area contributed by atoms with Gasteiger partial charge in [0.25, 0.3) is 0 Å². The molecule has 0 atom stereocenters. The largest absolute Gasteiger partial charge is 0.399 e. The maximum atomic E-state index is 12.5. The van der Waals surface area contributed by atoms with Crippen molar-refractivity contribution < 1.29 is 4.79 Å². The highest BCUT2D eigenvalue weighted by Crippen LogP contribution is 2.38. The van der Waals surface area contributed by atoms with Gasteiger partial charge in [0.2, 0.25) is 0 Å². The third-order valence-electron chi connectivity index (χ3n) is 4.15. The summed E-state index contributed by atoms with van der Waals surface area (Å²) in [6, 6.07) is 15.6. The third-order valence-corrected chi connectivity index (χ3v) is 4.15. The van der Waals surface area contributed by atoms with Crippen LogP contribution in [0.4, 0.5) is 5.69 Å². The molecule has 0 aliphatic heterocycles. The van der Waals surface area contributed by atoms with Crippen LogP contribution in [-0.4, -0.2) is 5.78 Å². The van der Waals surface area contributed by atoms with Gasteiger partial charge in [0.15, 0.2) is 5.78 Å². The molecule has 0 bridgehead atoms. The van der Waals surface area contributed by atoms with Crippen molar-refractivity contribution in [2.24, 2.45) is 0 Å². The molecule has 2 nitrogen and oxygen atoms in total. The van der Waals surface area contributed by atoms with E-state index in [9.17, 15) is 4.79 Å². The Morgan fingerprint density at radius 2 is 1.75 bits per heavy atom. The fraction of sp³-hybridized carbons (Fsp3) is 0.278. The number of carbonyl (C=O) groups excluding carboxylic acids is 1. The molecule has 0 saturated heterocycles. The Bertz CT molecular complexity index is 612. The average Bonchev–Trinajstić information content (AvgIpc) is 2.40. The highest BCUT2D eigenvalue weighted by Gasteiger charge is 2.23. The lowest BCUT2D eigenvalue weighted by atomic mass is 9.77. The van der Waals surface area contributed by atoms with Crippen LogP contribution < -0.4 is 5.73 Å². The summed E-state index contributed by atoms with van der Waals surface area (Å²) in [5, 5.41) is 0. The first-order valence-electron chi connectivity index (χ1n) is 7.20. The summed E-state index contributed by atoms with van der Waals surface area (Å²) in [6.45, 7) is 0. The smallest absolute Gasteiger partial charge is 0.167 e. The van der Waals surface area contributed by atoms with Gasteiger partial charge in [0.05, 0.1) is 0 Å². The molecular weight excluding hydrogens is 246 g/mol. The molecule has 1 fully saturated rings. The number of hydrogen-bond acceptors (Lipinski definition) is 2. The minimum Gasteiger partial charge on any atom is -0.399 e. The number of carbonyl (C=O) groups is 1. The van der Waals surface area contributed by atoms with Gasteiger partial charge in [-0.3, -0.25) is 4.79 Å². The first kappa shape index (κ1) is 12.9. The molecule has 0 radical (unpaired) electrons. The molecule has 0 spiro atoms. The standard InChI is InChI=1S/C18H19NO/c19-15-10-8-13(9-11-15)12-18(20)17-7-2-1-6-16(17)14-4-3-5-14/h1-2,6-11,14H,3-5,12,19H2. The zero-order valence-corrected chi connectivity index (χ0v) is 11.5. The maximum Gasteiger partial charge on any atom is 0.167 e. The van der Waals surface area contributed by atoms with Gasteiger partial charge < -0.3 is 5.73 Å². The van der Waals surface area contributed by atoms with Crippen LogP contribution in [0.1, 0.15) is 46.7 Å². The van der Waals surface area contributed by atoms with Crippen LogP contribution in [0.5, 0.6) is 0 Å². The second kappa shape index (κ2) is 5.49. The van der Waals surface area contributed by atoms with Gasteiger partial charge in [-0.2, -0.15) is 0 Å². The molecule has 2 N–H and O–H groups in total. The number of anilines is 1. The summed E-state index contributed by atoms with van der Waals surface area (Å²) >= 11 is 0. The minimum absolute atomic E-state index is 0.206. The number of nitrogens with two attached hydrogens (primary N) is 1. The molecule has 102 valence electrons. The highest BCUT2D eigenvalue weighted by molar-refractivity contribution is 5.99. The van der Waals surface area contributed by atoms with Crippen molar-refractivity contribution in [3.63, 3.8) is 0 Å². The van der Waals surface area contributed by atoms with Crippen molar-refractivity contribution in [1.29, 1.82) is 0 Å². The van der Waals surface area contributed by atoms with Crippen LogP contribution >= 0.6 is 0 Å². The van der Waals surface area contributed by atoms with E-state index in [1.165, 1.54) is 24.8 Å². The molecule has 2 heteroatoms. The number of Topliss-reactive ketones (excluding diaryl/α,β-unsaturated/α-hetero) is 1. The molecule has 2 aromatic carbocycles. The van der Waals surface area contributed by atoms with Crippen LogP contribution in [-0.2, 0) is 6.42 Å². The lowest BCUT2D eigenvalue weighted by Gasteiger charge is -2.27. The Morgan fingerprint density at radius 1 is 1.05 bits per heavy atom. The highest BCUT2D eigenvalue weighted by atomic mass is 16.1. The lowest BCUT2D eigenvalue weighted by Crippen LogP contribution is -2.15. The van der Waals surface area contributed by atoms with Crippen molar-refractivity contribution in [2.75, 3.05) is 5.73 Å². The van der Waals surface area contributed by atoms with Gasteiger partial charge in [-0.05, 0) is 42.0 Å². The van der Waals surface area contributed by atoms with E-state index >= 15 is 0 Å². The topological polar surface area (TPSA) is 43.1 Å². The normalized spacial score (nSPS) is 14.8. The summed E-state index contributed by atoms with van der Waals surface area (Å²) in [7, 11) is 0. The van der Waals surface area contributed by atoms with Crippen molar-refractivity contribution in [1.82, 2.24) is 0 Å². The molecule has 3 rings (SSSR count). The number of rotatable bonds is 4. The van der Waals surface area contributed by atoms with Crippen molar-refractivity contribution >= 4 is 11.5 Å². The molecule has 1 aliphatic rings. The Balaban J connectivity index is 1.81. The van der Waals surface area contributed by atoms with Crippen LogP contribution in [0.2, 0.25) is 0 Å². The van der Waals surface area contributed by atoms with Crippen molar-refractivity contribution in [3.05, 3.63) is 65.2 Å². The van der Waals surface area contributed by atoms with E-state index in [2.05, 4.69) is 6.07 Å². The zero-order chi connectivity index (χ0) is 13.9. The van der Waals surface area contributed by atoms with Crippen LogP contribution in [0.3, 0.4) is 0 Å². The van der Waals surface area contributed by atoms with Crippen LogP contribution in [0.15, 0.2) is 48.5 Å². The van der Waals surface area contributed by atoms with Gasteiger partial charge in [0, 0.05) is 17.7 Å². The van der Waals surface area contributed by atoms with Crippen LogP contribution in [0.25, 0.3) is 0 Å². The molecule has 0 heterocycles. The van der Waals surface area contributed by atoms with E-state index in [0.29, 0.717) is 12.3 Å². The fourth-order valence-electron chi connectivity index (χ4n) is 2.74. The van der Waals surface area contributed by atoms with Gasteiger partial charge in [-0.15, -0.1) is 0 Å². The molecular formula is C18H19NO. The van der Waals surface area contributed by atoms with E-state index in [-0.39, 0.29) is 5.78 Å². The second-order valence-corrected chi connectivity index (χ2v) is 5.56. The second-order valence-electron chi connectivity index (χ2n) is 5.56. The van der Waals surface area contributed by atoms with E-state index < -0.39 is 0 Å². The molecule has 2 aromatic rings. The summed E-state index contributed by atoms with van der Waals surface area (Å²) in [6.07, 6.45) is 4.16. The third kappa shape index (κ3) is 2.60. The predicted octanol–water partition coefficient (Wildman–Crippen LogP) is 3.96. The monoisotopic (exact) mass is 265 g/mol. The Labute approximate surface area is 119 Å². The van der Waals surface area contributed by atoms with Gasteiger partial charge in [0.1, 0.15) is 0 Å². The summed E-state index contributed by atoms with van der Waals surface area (Å²) < 4.78 is 0.